The maximum Gasteiger partial charge on any atom is 0.123 e. The van der Waals surface area contributed by atoms with Gasteiger partial charge >= 0.3 is 0 Å². The first-order valence-corrected chi connectivity index (χ1v) is 10.9. The molecule has 3 aromatic rings. The molecule has 4 rings (SSSR count). The van der Waals surface area contributed by atoms with E-state index in [0.29, 0.717) is 12.5 Å². The molecule has 0 radical (unpaired) electrons. The van der Waals surface area contributed by atoms with Gasteiger partial charge in [-0.1, -0.05) is 56.7 Å². The van der Waals surface area contributed by atoms with Crippen LogP contribution < -0.4 is 10.5 Å². The van der Waals surface area contributed by atoms with E-state index < -0.39 is 0 Å². The fraction of sp³-hybridized carbons (Fsp3) is 0.333. The van der Waals surface area contributed by atoms with Crippen LogP contribution in [0, 0.1) is 11.7 Å². The molecular weight excluding hydrogens is 373 g/mol. The average molecular weight is 406 g/mol. The lowest BCUT2D eigenvalue weighted by atomic mass is 9.84. The zero-order valence-corrected chi connectivity index (χ0v) is 18.0. The van der Waals surface area contributed by atoms with Crippen LogP contribution in [0.5, 0.6) is 5.75 Å². The summed E-state index contributed by atoms with van der Waals surface area (Å²) in [7, 11) is 0. The van der Waals surface area contributed by atoms with Gasteiger partial charge in [-0.3, -0.25) is 0 Å². The van der Waals surface area contributed by atoms with Crippen LogP contribution in [0.15, 0.2) is 66.7 Å². The molecule has 0 fully saturated rings. The number of benzene rings is 3. The highest BCUT2D eigenvalue weighted by molar-refractivity contribution is 5.64. The van der Waals surface area contributed by atoms with Gasteiger partial charge in [0.1, 0.15) is 18.2 Å². The number of ether oxygens (including phenoxy) is 1. The number of rotatable bonds is 5. The first-order valence-electron chi connectivity index (χ1n) is 10.9. The molecule has 0 bridgehead atoms. The van der Waals surface area contributed by atoms with E-state index >= 15 is 0 Å². The molecule has 2 nitrogen and oxygen atoms in total. The molecule has 0 aliphatic heterocycles. The van der Waals surface area contributed by atoms with Crippen molar-refractivity contribution in [3.8, 4) is 16.9 Å². The predicted octanol–water partition coefficient (Wildman–Crippen LogP) is 6.55. The van der Waals surface area contributed by atoms with Gasteiger partial charge in [0.2, 0.25) is 0 Å². The summed E-state index contributed by atoms with van der Waals surface area (Å²) in [5.41, 5.74) is 11.8. The lowest BCUT2D eigenvalue weighted by Crippen LogP contribution is -2.22. The Balaban J connectivity index is 0.000000806. The molecule has 1 aliphatic carbocycles. The van der Waals surface area contributed by atoms with Crippen molar-refractivity contribution in [3.63, 3.8) is 0 Å². The van der Waals surface area contributed by atoms with Crippen LogP contribution in [0.25, 0.3) is 11.1 Å². The first kappa shape index (κ1) is 22.0. The maximum absolute atomic E-state index is 13.1. The molecule has 0 heterocycles. The third-order valence-electron chi connectivity index (χ3n) is 5.35. The monoisotopic (exact) mass is 405 g/mol. The lowest BCUT2D eigenvalue weighted by Gasteiger charge is -2.23. The van der Waals surface area contributed by atoms with Gasteiger partial charge in [0, 0.05) is 0 Å². The summed E-state index contributed by atoms with van der Waals surface area (Å²) in [4.78, 5) is 0. The van der Waals surface area contributed by atoms with Gasteiger partial charge in [0.05, 0.1) is 0 Å². The second-order valence-electron chi connectivity index (χ2n) is 7.98. The second kappa shape index (κ2) is 10.9. The standard InChI is InChI=1S/C24H24FNO.C3H8/c25-23-9-6-19(7-10-23)20-3-1-2-18(13-20)16-27-24-11-8-21-12-17(15-26)4-5-22(21)14-24;1-3-2/h1-3,6-11,13-14,17H,4-5,12,15-16,26H2;3H2,1-2H3. The van der Waals surface area contributed by atoms with Crippen molar-refractivity contribution in [1.82, 2.24) is 0 Å². The molecule has 1 aliphatic rings. The van der Waals surface area contributed by atoms with E-state index in [0.717, 1.165) is 48.2 Å². The summed E-state index contributed by atoms with van der Waals surface area (Å²) < 4.78 is 19.2. The molecule has 3 heteroatoms. The minimum absolute atomic E-state index is 0.219. The van der Waals surface area contributed by atoms with E-state index in [2.05, 4.69) is 44.2 Å². The van der Waals surface area contributed by atoms with Crippen LogP contribution in [0.1, 0.15) is 43.4 Å². The highest BCUT2D eigenvalue weighted by Crippen LogP contribution is 2.29. The highest BCUT2D eigenvalue weighted by atomic mass is 19.1. The number of hydrogen-bond donors (Lipinski definition) is 1. The Hall–Kier alpha value is -2.65. The Morgan fingerprint density at radius 2 is 1.70 bits per heavy atom. The van der Waals surface area contributed by atoms with Crippen molar-refractivity contribution in [1.29, 1.82) is 0 Å². The SMILES string of the molecule is CCC.NCC1CCc2cc(OCc3cccc(-c4ccc(F)cc4)c3)ccc2C1. The number of aryl methyl sites for hydroxylation is 1. The van der Waals surface area contributed by atoms with Crippen molar-refractivity contribution >= 4 is 0 Å². The van der Waals surface area contributed by atoms with E-state index in [4.69, 9.17) is 10.5 Å². The van der Waals surface area contributed by atoms with E-state index in [-0.39, 0.29) is 5.82 Å². The minimum atomic E-state index is -0.219. The summed E-state index contributed by atoms with van der Waals surface area (Å²) in [5.74, 6) is 1.30. The summed E-state index contributed by atoms with van der Waals surface area (Å²) in [5, 5.41) is 0. The Morgan fingerprint density at radius 3 is 2.43 bits per heavy atom. The fourth-order valence-electron chi connectivity index (χ4n) is 3.75. The Kier molecular flexibility index (Phi) is 8.04. The smallest absolute Gasteiger partial charge is 0.123 e. The molecule has 1 atom stereocenters. The van der Waals surface area contributed by atoms with Crippen LogP contribution >= 0.6 is 0 Å². The average Bonchev–Trinajstić information content (AvgIpc) is 2.78. The van der Waals surface area contributed by atoms with Crippen LogP contribution in [0.4, 0.5) is 4.39 Å². The summed E-state index contributed by atoms with van der Waals surface area (Å²) in [6.07, 6.45) is 4.56. The molecule has 0 aromatic heterocycles. The molecule has 3 aromatic carbocycles. The van der Waals surface area contributed by atoms with Gasteiger partial charge in [-0.25, -0.2) is 4.39 Å². The Morgan fingerprint density at radius 1 is 0.933 bits per heavy atom. The predicted molar refractivity (Wildman–Crippen MR) is 123 cm³/mol. The van der Waals surface area contributed by atoms with Gasteiger partial charge in [0.25, 0.3) is 0 Å². The minimum Gasteiger partial charge on any atom is -0.489 e. The molecule has 0 spiro atoms. The van der Waals surface area contributed by atoms with Crippen LogP contribution in [-0.2, 0) is 19.4 Å². The normalized spacial score (nSPS) is 15.0. The summed E-state index contributed by atoms with van der Waals surface area (Å²) >= 11 is 0. The van der Waals surface area contributed by atoms with Crippen molar-refractivity contribution in [2.45, 2.75) is 46.1 Å². The van der Waals surface area contributed by atoms with Gasteiger partial charge < -0.3 is 10.5 Å². The zero-order chi connectivity index (χ0) is 21.3. The molecule has 0 saturated carbocycles. The van der Waals surface area contributed by atoms with E-state index in [1.54, 1.807) is 12.1 Å². The maximum atomic E-state index is 13.1. The Labute approximate surface area is 179 Å². The van der Waals surface area contributed by atoms with Crippen molar-refractivity contribution < 1.29 is 9.13 Å². The van der Waals surface area contributed by atoms with Crippen LogP contribution in [0.3, 0.4) is 0 Å². The summed E-state index contributed by atoms with van der Waals surface area (Å²) in [6.45, 7) is 5.53. The molecule has 30 heavy (non-hydrogen) atoms. The van der Waals surface area contributed by atoms with E-state index in [1.807, 2.05) is 12.1 Å². The second-order valence-corrected chi connectivity index (χ2v) is 7.98. The molecule has 158 valence electrons. The highest BCUT2D eigenvalue weighted by Gasteiger charge is 2.17. The van der Waals surface area contributed by atoms with E-state index in [1.165, 1.54) is 29.7 Å². The number of hydrogen-bond acceptors (Lipinski definition) is 2. The van der Waals surface area contributed by atoms with Crippen molar-refractivity contribution in [2.75, 3.05) is 6.54 Å². The van der Waals surface area contributed by atoms with E-state index in [9.17, 15) is 4.39 Å². The quantitative estimate of drug-likeness (QED) is 0.522. The molecule has 2 N–H and O–H groups in total. The fourth-order valence-corrected chi connectivity index (χ4v) is 3.75. The third-order valence-corrected chi connectivity index (χ3v) is 5.35. The summed E-state index contributed by atoms with van der Waals surface area (Å²) in [6, 6.07) is 21.2. The Bertz CT molecular complexity index is 936. The molecule has 1 unspecified atom stereocenters. The van der Waals surface area contributed by atoms with Crippen molar-refractivity contribution in [3.05, 3.63) is 89.2 Å². The molecule has 0 saturated heterocycles. The number of nitrogens with two attached hydrogens (primary N) is 1. The number of fused-ring (bicyclic) bond motifs is 1. The van der Waals surface area contributed by atoms with Crippen molar-refractivity contribution in [2.24, 2.45) is 11.7 Å². The van der Waals surface area contributed by atoms with Gasteiger partial charge in [-0.2, -0.15) is 0 Å². The topological polar surface area (TPSA) is 35.2 Å². The van der Waals surface area contributed by atoms with Gasteiger partial charge in [-0.05, 0) is 89.9 Å². The molecule has 0 amide bonds. The molecular formula is C27H32FNO. The number of halogens is 1. The largest absolute Gasteiger partial charge is 0.489 e. The van der Waals surface area contributed by atoms with Gasteiger partial charge in [0.15, 0.2) is 0 Å². The third kappa shape index (κ3) is 5.93. The van der Waals surface area contributed by atoms with Crippen LogP contribution in [0.2, 0.25) is 0 Å². The zero-order valence-electron chi connectivity index (χ0n) is 18.0. The van der Waals surface area contributed by atoms with Crippen LogP contribution in [-0.4, -0.2) is 6.54 Å². The first-order chi connectivity index (χ1) is 14.6. The lowest BCUT2D eigenvalue weighted by molar-refractivity contribution is 0.305. The van der Waals surface area contributed by atoms with Gasteiger partial charge in [-0.15, -0.1) is 0 Å².